The number of carbonyl (C=O) groups is 1. The molecule has 8 heteroatoms. The van der Waals surface area contributed by atoms with Gasteiger partial charge in [0.25, 0.3) is 0 Å². The Labute approximate surface area is 142 Å². The molecule has 0 bridgehead atoms. The first-order valence-electron chi connectivity index (χ1n) is 7.54. The second-order valence-electron chi connectivity index (χ2n) is 5.50. The van der Waals surface area contributed by atoms with E-state index in [9.17, 15) is 10.1 Å². The van der Waals surface area contributed by atoms with Crippen LogP contribution in [0.3, 0.4) is 0 Å². The van der Waals surface area contributed by atoms with Crippen molar-refractivity contribution in [3.8, 4) is 6.07 Å². The molecule has 3 rings (SSSR count). The molecule has 1 saturated carbocycles. The van der Waals surface area contributed by atoms with E-state index < -0.39 is 5.92 Å². The average Bonchev–Trinajstić information content (AvgIpc) is 3.17. The number of aromatic nitrogens is 4. The molecule has 120 valence electrons. The number of rotatable bonds is 7. The van der Waals surface area contributed by atoms with Crippen molar-refractivity contribution >= 4 is 28.9 Å². The number of thiazole rings is 1. The van der Waals surface area contributed by atoms with Crippen LogP contribution in [0.1, 0.15) is 48.1 Å². The molecule has 0 N–H and O–H groups in total. The van der Waals surface area contributed by atoms with Crippen LogP contribution in [0.5, 0.6) is 0 Å². The molecule has 0 spiro atoms. The quantitative estimate of drug-likeness (QED) is 0.716. The summed E-state index contributed by atoms with van der Waals surface area (Å²) in [7, 11) is 0. The van der Waals surface area contributed by atoms with Crippen LogP contribution < -0.4 is 0 Å². The van der Waals surface area contributed by atoms with Crippen LogP contribution in [-0.2, 0) is 11.3 Å². The number of Topliss-reactive ketones (excluding diaryl/α,β-unsaturated/α-hetero) is 1. The molecule has 0 saturated heterocycles. The molecule has 0 amide bonds. The maximum Gasteiger partial charge on any atom is 0.191 e. The van der Waals surface area contributed by atoms with Crippen molar-refractivity contribution in [3.05, 3.63) is 21.9 Å². The number of nitrogens with zero attached hydrogens (tertiary/aromatic N) is 5. The minimum Gasteiger partial charge on any atom is -0.306 e. The topological polar surface area (TPSA) is 84.5 Å². The molecule has 2 heterocycles. The lowest BCUT2D eigenvalue weighted by molar-refractivity contribution is -0.116. The lowest BCUT2D eigenvalue weighted by Crippen LogP contribution is -2.14. The summed E-state index contributed by atoms with van der Waals surface area (Å²) in [5.74, 6) is 0.833. The highest BCUT2D eigenvalue weighted by atomic mass is 32.2. The van der Waals surface area contributed by atoms with Crippen LogP contribution in [0.2, 0.25) is 0 Å². The number of hydrogen-bond acceptors (Lipinski definition) is 7. The highest BCUT2D eigenvalue weighted by Crippen LogP contribution is 2.40. The van der Waals surface area contributed by atoms with Gasteiger partial charge in [0.1, 0.15) is 10.8 Å². The van der Waals surface area contributed by atoms with Gasteiger partial charge >= 0.3 is 0 Å². The summed E-state index contributed by atoms with van der Waals surface area (Å²) >= 11 is 2.72. The Hall–Kier alpha value is -1.72. The predicted molar refractivity (Wildman–Crippen MR) is 88.6 cm³/mol. The van der Waals surface area contributed by atoms with Crippen LogP contribution >= 0.6 is 23.1 Å². The summed E-state index contributed by atoms with van der Waals surface area (Å²) in [6.45, 7) is 4.71. The van der Waals surface area contributed by atoms with Crippen molar-refractivity contribution in [3.63, 3.8) is 0 Å². The fourth-order valence-electron chi connectivity index (χ4n) is 2.34. The Morgan fingerprint density at radius 2 is 2.35 bits per heavy atom. The molecule has 1 aliphatic rings. The zero-order chi connectivity index (χ0) is 16.4. The number of carbonyl (C=O) groups excluding carboxylic acids is 1. The molecule has 0 unspecified atom stereocenters. The van der Waals surface area contributed by atoms with Crippen molar-refractivity contribution in [2.24, 2.45) is 0 Å². The zero-order valence-electron chi connectivity index (χ0n) is 13.0. The van der Waals surface area contributed by atoms with Gasteiger partial charge in [-0.25, -0.2) is 4.98 Å². The Morgan fingerprint density at radius 3 is 2.91 bits per heavy atom. The Morgan fingerprint density at radius 1 is 1.57 bits per heavy atom. The van der Waals surface area contributed by atoms with E-state index in [1.165, 1.54) is 35.9 Å². The lowest BCUT2D eigenvalue weighted by atomic mass is 10.1. The van der Waals surface area contributed by atoms with Gasteiger partial charge in [-0.15, -0.1) is 21.5 Å². The average molecular weight is 347 g/mol. The predicted octanol–water partition coefficient (Wildman–Crippen LogP) is 2.91. The molecule has 0 aliphatic heterocycles. The van der Waals surface area contributed by atoms with Gasteiger partial charge in [0.2, 0.25) is 0 Å². The Kier molecular flexibility index (Phi) is 4.78. The monoisotopic (exact) mass is 347 g/mol. The van der Waals surface area contributed by atoms with Crippen LogP contribution in [0.25, 0.3) is 0 Å². The summed E-state index contributed by atoms with van der Waals surface area (Å²) in [5.41, 5.74) is 0.838. The number of thioether (sulfide) groups is 1. The summed E-state index contributed by atoms with van der Waals surface area (Å²) < 4.78 is 2.07. The van der Waals surface area contributed by atoms with E-state index in [0.29, 0.717) is 10.9 Å². The van der Waals surface area contributed by atoms with Gasteiger partial charge in [-0.05, 0) is 26.7 Å². The van der Waals surface area contributed by atoms with E-state index >= 15 is 0 Å². The second kappa shape index (κ2) is 6.81. The van der Waals surface area contributed by atoms with Gasteiger partial charge in [0.05, 0.1) is 11.8 Å². The Bertz CT molecular complexity index is 756. The van der Waals surface area contributed by atoms with E-state index in [4.69, 9.17) is 0 Å². The van der Waals surface area contributed by atoms with Gasteiger partial charge in [-0.3, -0.25) is 4.79 Å². The van der Waals surface area contributed by atoms with Crippen LogP contribution in [0, 0.1) is 18.3 Å². The summed E-state index contributed by atoms with van der Waals surface area (Å²) in [4.78, 5) is 16.6. The third-order valence-corrected chi connectivity index (χ3v) is 5.70. The molecule has 1 aliphatic carbocycles. The van der Waals surface area contributed by atoms with Crippen molar-refractivity contribution in [1.82, 2.24) is 19.7 Å². The highest BCUT2D eigenvalue weighted by Gasteiger charge is 2.30. The van der Waals surface area contributed by atoms with E-state index in [1.807, 2.05) is 12.3 Å². The van der Waals surface area contributed by atoms with E-state index in [0.717, 1.165) is 23.2 Å². The van der Waals surface area contributed by atoms with Crippen LogP contribution in [0.4, 0.5) is 0 Å². The number of aryl methyl sites for hydroxylation is 1. The standard InChI is InChI=1S/C15H17N5OS2/c1-3-20-13(10-4-5-10)18-19-15(20)23-8-12(21)11(6-16)14-17-9(2)7-22-14/h7,10-11H,3-5,8H2,1-2H3/t11-/m1/s1. The summed E-state index contributed by atoms with van der Waals surface area (Å²) in [6, 6.07) is 2.07. The first-order chi connectivity index (χ1) is 11.1. The van der Waals surface area contributed by atoms with Crippen LogP contribution in [-0.4, -0.2) is 31.3 Å². The fourth-order valence-corrected chi connectivity index (χ4v) is 4.11. The van der Waals surface area contributed by atoms with Gasteiger partial charge in [0.15, 0.2) is 16.9 Å². The smallest absolute Gasteiger partial charge is 0.191 e. The SMILES string of the molecule is CCn1c(SCC(=O)[C@@H](C#N)c2nc(C)cs2)nnc1C1CC1. The summed E-state index contributed by atoms with van der Waals surface area (Å²) in [6.07, 6.45) is 2.34. The van der Waals surface area contributed by atoms with Gasteiger partial charge in [0, 0.05) is 23.5 Å². The van der Waals surface area contributed by atoms with E-state index in [-0.39, 0.29) is 11.5 Å². The number of hydrogen-bond donors (Lipinski definition) is 0. The third kappa shape index (κ3) is 3.46. The van der Waals surface area contributed by atoms with Gasteiger partial charge in [-0.1, -0.05) is 11.8 Å². The van der Waals surface area contributed by atoms with Crippen molar-refractivity contribution in [2.45, 2.75) is 50.2 Å². The maximum absolute atomic E-state index is 12.4. The minimum absolute atomic E-state index is 0.134. The van der Waals surface area contributed by atoms with E-state index in [2.05, 4.69) is 32.7 Å². The third-order valence-electron chi connectivity index (χ3n) is 3.68. The molecule has 2 aromatic heterocycles. The largest absolute Gasteiger partial charge is 0.306 e. The minimum atomic E-state index is -0.790. The van der Waals surface area contributed by atoms with Crippen molar-refractivity contribution < 1.29 is 4.79 Å². The lowest BCUT2D eigenvalue weighted by Gasteiger charge is -2.07. The first kappa shape index (κ1) is 16.1. The van der Waals surface area contributed by atoms with Gasteiger partial charge < -0.3 is 4.57 Å². The molecule has 2 aromatic rings. The molecular weight excluding hydrogens is 330 g/mol. The molecular formula is C15H17N5OS2. The molecule has 6 nitrogen and oxygen atoms in total. The van der Waals surface area contributed by atoms with Crippen LogP contribution in [0.15, 0.2) is 10.5 Å². The first-order valence-corrected chi connectivity index (χ1v) is 9.40. The van der Waals surface area contributed by atoms with Crippen molar-refractivity contribution in [1.29, 1.82) is 5.26 Å². The Balaban J connectivity index is 1.68. The van der Waals surface area contributed by atoms with E-state index in [1.54, 1.807) is 0 Å². The number of nitriles is 1. The number of ketones is 1. The normalized spacial score (nSPS) is 15.3. The molecule has 0 radical (unpaired) electrons. The zero-order valence-corrected chi connectivity index (χ0v) is 14.7. The molecule has 1 fully saturated rings. The summed E-state index contributed by atoms with van der Waals surface area (Å²) in [5, 5.41) is 21.0. The molecule has 1 atom stereocenters. The maximum atomic E-state index is 12.4. The van der Waals surface area contributed by atoms with Crippen molar-refractivity contribution in [2.75, 3.05) is 5.75 Å². The fraction of sp³-hybridized carbons (Fsp3) is 0.533. The highest BCUT2D eigenvalue weighted by molar-refractivity contribution is 7.99. The molecule has 23 heavy (non-hydrogen) atoms. The van der Waals surface area contributed by atoms with Gasteiger partial charge in [-0.2, -0.15) is 5.26 Å². The molecule has 0 aromatic carbocycles. The second-order valence-corrected chi connectivity index (χ2v) is 7.34.